The summed E-state index contributed by atoms with van der Waals surface area (Å²) in [5, 5.41) is 10.7. The van der Waals surface area contributed by atoms with Crippen molar-refractivity contribution in [3.63, 3.8) is 0 Å². The maximum atomic E-state index is 13.1. The molecule has 0 aromatic heterocycles. The Hall–Kier alpha value is -1.94. The van der Waals surface area contributed by atoms with Gasteiger partial charge in [0.2, 0.25) is 0 Å². The summed E-state index contributed by atoms with van der Waals surface area (Å²) in [5.41, 5.74) is 0. The first-order valence-electron chi connectivity index (χ1n) is 44.5. The second-order valence-corrected chi connectivity index (χ2v) is 34.8. The van der Waals surface area contributed by atoms with Crippen molar-refractivity contribution in [2.75, 3.05) is 39.6 Å². The summed E-state index contributed by atoms with van der Waals surface area (Å²) >= 11 is 0. The molecule has 2 unspecified atom stereocenters. The van der Waals surface area contributed by atoms with Gasteiger partial charge in [-0.2, -0.15) is 0 Å². The second-order valence-electron chi connectivity index (χ2n) is 31.9. The number of phosphoric ester groups is 2. The number of carbonyl (C=O) groups is 4. The average molecular weight is 1540 g/mol. The minimum Gasteiger partial charge on any atom is -0.462 e. The lowest BCUT2D eigenvalue weighted by Gasteiger charge is -2.21. The van der Waals surface area contributed by atoms with Gasteiger partial charge in [0.1, 0.15) is 19.3 Å². The molecule has 19 heteroatoms. The predicted molar refractivity (Wildman–Crippen MR) is 432 cm³/mol. The van der Waals surface area contributed by atoms with Crippen LogP contribution in [-0.2, 0) is 65.4 Å². The molecule has 0 aromatic carbocycles. The van der Waals surface area contributed by atoms with Gasteiger partial charge in [0.25, 0.3) is 0 Å². The number of phosphoric acid groups is 2. The summed E-state index contributed by atoms with van der Waals surface area (Å²) in [6.45, 7) is 9.69. The van der Waals surface area contributed by atoms with Crippen LogP contribution in [0.25, 0.3) is 0 Å². The van der Waals surface area contributed by atoms with E-state index < -0.39 is 97.5 Å². The van der Waals surface area contributed by atoms with Crippen LogP contribution in [-0.4, -0.2) is 96.7 Å². The number of aliphatic hydroxyl groups is 1. The van der Waals surface area contributed by atoms with Crippen molar-refractivity contribution in [3.05, 3.63) is 0 Å². The molecule has 0 aliphatic heterocycles. The molecule has 0 aliphatic rings. The van der Waals surface area contributed by atoms with Gasteiger partial charge in [0, 0.05) is 25.7 Å². The summed E-state index contributed by atoms with van der Waals surface area (Å²) in [7, 11) is -9.92. The maximum Gasteiger partial charge on any atom is 0.472 e. The van der Waals surface area contributed by atoms with Crippen molar-refractivity contribution in [2.24, 2.45) is 11.8 Å². The van der Waals surface area contributed by atoms with Crippen LogP contribution in [0.5, 0.6) is 0 Å². The van der Waals surface area contributed by atoms with Gasteiger partial charge in [-0.15, -0.1) is 0 Å². The van der Waals surface area contributed by atoms with Crippen LogP contribution in [0.4, 0.5) is 0 Å². The first-order valence-corrected chi connectivity index (χ1v) is 47.5. The van der Waals surface area contributed by atoms with E-state index in [0.717, 1.165) is 102 Å². The van der Waals surface area contributed by atoms with Gasteiger partial charge in [0.15, 0.2) is 12.2 Å². The lowest BCUT2D eigenvalue weighted by Crippen LogP contribution is -2.30. The zero-order valence-electron chi connectivity index (χ0n) is 69.0. The number of hydrogen-bond acceptors (Lipinski definition) is 15. The summed E-state index contributed by atoms with van der Waals surface area (Å²) in [5.74, 6) is -0.515. The molecule has 0 radical (unpaired) electrons. The number of carbonyl (C=O) groups excluding carboxylic acids is 4. The lowest BCUT2D eigenvalue weighted by atomic mass is 10.0. The van der Waals surface area contributed by atoms with E-state index in [9.17, 15) is 43.2 Å². The normalized spacial score (nSPS) is 13.8. The van der Waals surface area contributed by atoms with Crippen LogP contribution in [0, 0.1) is 11.8 Å². The number of aliphatic hydroxyl groups excluding tert-OH is 1. The largest absolute Gasteiger partial charge is 0.472 e. The molecule has 0 aromatic rings. The molecule has 0 saturated carbocycles. The molecule has 5 atom stereocenters. The van der Waals surface area contributed by atoms with Gasteiger partial charge in [0.05, 0.1) is 26.4 Å². The van der Waals surface area contributed by atoms with E-state index >= 15 is 0 Å². The average Bonchev–Trinajstić information content (AvgIpc) is 0.907. The molecule has 0 bridgehead atoms. The van der Waals surface area contributed by atoms with Crippen molar-refractivity contribution in [1.82, 2.24) is 0 Å². The zero-order valence-corrected chi connectivity index (χ0v) is 70.8. The van der Waals surface area contributed by atoms with Crippen LogP contribution in [0.15, 0.2) is 0 Å². The Morgan fingerprint density at radius 2 is 0.438 bits per heavy atom. The summed E-state index contributed by atoms with van der Waals surface area (Å²) in [6.07, 6.45) is 69.6. The zero-order chi connectivity index (χ0) is 77.1. The predicted octanol–water partition coefficient (Wildman–Crippen LogP) is 26.2. The maximum absolute atomic E-state index is 13.1. The third-order valence-electron chi connectivity index (χ3n) is 20.2. The van der Waals surface area contributed by atoms with Crippen molar-refractivity contribution >= 4 is 39.5 Å². The van der Waals surface area contributed by atoms with E-state index in [2.05, 4.69) is 41.5 Å². The summed E-state index contributed by atoms with van der Waals surface area (Å²) < 4.78 is 68.8. The van der Waals surface area contributed by atoms with E-state index in [1.807, 2.05) is 0 Å². The van der Waals surface area contributed by atoms with E-state index in [1.54, 1.807) is 0 Å². The quantitative estimate of drug-likeness (QED) is 0.0222. The molecule has 0 amide bonds. The van der Waals surface area contributed by atoms with Crippen LogP contribution in [0.1, 0.15) is 459 Å². The fourth-order valence-electron chi connectivity index (χ4n) is 13.4. The molecule has 0 heterocycles. The molecule has 0 spiro atoms. The first-order chi connectivity index (χ1) is 50.9. The van der Waals surface area contributed by atoms with Crippen molar-refractivity contribution in [2.45, 2.75) is 477 Å². The molecule has 0 saturated heterocycles. The minimum absolute atomic E-state index is 0.107. The number of unbranched alkanes of at least 4 members (excludes halogenated alkanes) is 55. The highest BCUT2D eigenvalue weighted by Crippen LogP contribution is 2.45. The van der Waals surface area contributed by atoms with E-state index in [0.29, 0.717) is 25.7 Å². The Morgan fingerprint density at radius 1 is 0.257 bits per heavy atom. The fourth-order valence-corrected chi connectivity index (χ4v) is 15.0. The smallest absolute Gasteiger partial charge is 0.462 e. The van der Waals surface area contributed by atoms with Crippen molar-refractivity contribution < 1.29 is 80.2 Å². The molecule has 3 N–H and O–H groups in total. The molecule has 0 rings (SSSR count). The Labute approximate surface area is 645 Å². The van der Waals surface area contributed by atoms with Crippen molar-refractivity contribution in [3.8, 4) is 0 Å². The third-order valence-corrected chi connectivity index (χ3v) is 22.1. The van der Waals surface area contributed by atoms with Gasteiger partial charge < -0.3 is 33.8 Å². The Kier molecular flexibility index (Phi) is 76.0. The lowest BCUT2D eigenvalue weighted by molar-refractivity contribution is -0.161. The Balaban J connectivity index is 5.20. The van der Waals surface area contributed by atoms with E-state index in [1.165, 1.54) is 276 Å². The Bertz CT molecular complexity index is 2010. The van der Waals surface area contributed by atoms with Gasteiger partial charge in [-0.1, -0.05) is 408 Å². The standard InChI is InChI=1S/C86H168O17P2/c1-7-9-11-13-15-17-18-19-20-21-22-23-24-25-26-31-34-40-46-52-58-64-70-85(90)103-82(75-97-84(89)69-63-57-51-45-39-33-30-28-27-29-32-37-43-48-54-60-66-78(3)4)77-101-105(94,95)99-73-80(87)72-98-104(92,93)100-76-81(74-96-83(88)68-62-56-50-42-16-14-12-10-8-2)102-86(91)71-65-59-53-47-41-36-35-38-44-49-55-61-67-79(5)6/h78-82,87H,7-77H2,1-6H3,(H,92,93)(H,94,95)/t80-,81+,82+/m0/s1. The molecular weight excluding hydrogens is 1370 g/mol. The number of esters is 4. The molecule has 0 fully saturated rings. The molecule has 105 heavy (non-hydrogen) atoms. The monoisotopic (exact) mass is 1540 g/mol. The van der Waals surface area contributed by atoms with Crippen LogP contribution in [0.3, 0.4) is 0 Å². The highest BCUT2D eigenvalue weighted by molar-refractivity contribution is 7.47. The SMILES string of the molecule is CCCCCCCCCCCCCCCCCCCCCCCCC(=O)O[C@H](COC(=O)CCCCCCCCCCCCCCCCCCC(C)C)COP(=O)(O)OC[C@@H](O)COP(=O)(O)OC[C@@H](COC(=O)CCCCCCCCCCC)OC(=O)CCCCCCCCCCCCCCC(C)C. The number of rotatable bonds is 85. The highest BCUT2D eigenvalue weighted by Gasteiger charge is 2.30. The fraction of sp³-hybridized carbons (Fsp3) is 0.953. The second kappa shape index (κ2) is 77.4. The minimum atomic E-state index is -4.97. The highest BCUT2D eigenvalue weighted by atomic mass is 31.2. The van der Waals surface area contributed by atoms with Crippen LogP contribution >= 0.6 is 15.6 Å². The number of hydrogen-bond donors (Lipinski definition) is 3. The Morgan fingerprint density at radius 3 is 0.648 bits per heavy atom. The van der Waals surface area contributed by atoms with Crippen molar-refractivity contribution in [1.29, 1.82) is 0 Å². The number of ether oxygens (including phenoxy) is 4. The first kappa shape index (κ1) is 103. The van der Waals surface area contributed by atoms with Gasteiger partial charge in [-0.05, 0) is 37.5 Å². The third kappa shape index (κ3) is 79.9. The molecule has 17 nitrogen and oxygen atoms in total. The van der Waals surface area contributed by atoms with Crippen LogP contribution in [0.2, 0.25) is 0 Å². The summed E-state index contributed by atoms with van der Waals surface area (Å²) in [6, 6.07) is 0. The van der Waals surface area contributed by atoms with E-state index in [-0.39, 0.29) is 25.7 Å². The molecular formula is C86H168O17P2. The van der Waals surface area contributed by atoms with Gasteiger partial charge in [-0.25, -0.2) is 9.13 Å². The topological polar surface area (TPSA) is 237 Å². The molecule has 624 valence electrons. The summed E-state index contributed by atoms with van der Waals surface area (Å²) in [4.78, 5) is 73.1. The van der Waals surface area contributed by atoms with Crippen LogP contribution < -0.4 is 0 Å². The van der Waals surface area contributed by atoms with Gasteiger partial charge >= 0.3 is 39.5 Å². The molecule has 0 aliphatic carbocycles. The van der Waals surface area contributed by atoms with E-state index in [4.69, 9.17) is 37.0 Å². The van der Waals surface area contributed by atoms with Gasteiger partial charge in [-0.3, -0.25) is 37.3 Å².